The average molecular weight is 490 g/mol. The van der Waals surface area contributed by atoms with E-state index in [1.165, 1.54) is 7.11 Å². The van der Waals surface area contributed by atoms with Crippen molar-refractivity contribution < 1.29 is 23.8 Å². The molecule has 2 aromatic carbocycles. The van der Waals surface area contributed by atoms with Crippen LogP contribution < -0.4 is 4.74 Å². The molecule has 0 bridgehead atoms. The van der Waals surface area contributed by atoms with Gasteiger partial charge >= 0.3 is 11.9 Å². The van der Waals surface area contributed by atoms with Crippen molar-refractivity contribution in [3.8, 4) is 5.75 Å². The van der Waals surface area contributed by atoms with Gasteiger partial charge < -0.3 is 14.2 Å². The zero-order chi connectivity index (χ0) is 25.8. The van der Waals surface area contributed by atoms with E-state index >= 15 is 0 Å². The molecule has 0 amide bonds. The van der Waals surface area contributed by atoms with Gasteiger partial charge in [0, 0.05) is 6.21 Å². The fourth-order valence-electron chi connectivity index (χ4n) is 5.28. The second-order valence-electron chi connectivity index (χ2n) is 10.5. The van der Waals surface area contributed by atoms with Gasteiger partial charge in [0.25, 0.3) is 0 Å². The van der Waals surface area contributed by atoms with Crippen LogP contribution in [0.15, 0.2) is 71.7 Å². The molecule has 1 saturated carbocycles. The van der Waals surface area contributed by atoms with Crippen LogP contribution in [0.3, 0.4) is 0 Å². The standard InChI is InChI=1S/C30H35NO5/c1-29(2,3)36-28(33)26(21-11-13-22(14-12-21)27(32)34-4)30(19-8-20-31-30)23-15-17-25(18-16-23)35-24-9-6-5-7-10-24/h5-14,19-20,23,25-26H,15-18H2,1-4H3. The van der Waals surface area contributed by atoms with Crippen molar-refractivity contribution in [1.82, 2.24) is 0 Å². The van der Waals surface area contributed by atoms with Crippen molar-refractivity contribution >= 4 is 18.2 Å². The Hall–Kier alpha value is -3.41. The molecule has 2 unspecified atom stereocenters. The predicted octanol–water partition coefficient (Wildman–Crippen LogP) is 5.92. The molecule has 190 valence electrons. The summed E-state index contributed by atoms with van der Waals surface area (Å²) in [6.07, 6.45) is 9.41. The quantitative estimate of drug-likeness (QED) is 0.452. The number of nitrogens with zero attached hydrogens (tertiary/aromatic N) is 1. The zero-order valence-electron chi connectivity index (χ0n) is 21.5. The van der Waals surface area contributed by atoms with Crippen molar-refractivity contribution in [3.63, 3.8) is 0 Å². The lowest BCUT2D eigenvalue weighted by molar-refractivity contribution is -0.158. The second-order valence-corrected chi connectivity index (χ2v) is 10.5. The lowest BCUT2D eigenvalue weighted by atomic mass is 9.66. The minimum absolute atomic E-state index is 0.134. The zero-order valence-corrected chi connectivity index (χ0v) is 21.5. The number of ether oxygens (including phenoxy) is 3. The van der Waals surface area contributed by atoms with Gasteiger partial charge in [0.1, 0.15) is 17.3 Å². The Labute approximate surface area is 213 Å². The summed E-state index contributed by atoms with van der Waals surface area (Å²) in [7, 11) is 1.35. The van der Waals surface area contributed by atoms with E-state index in [0.717, 1.165) is 37.0 Å². The first kappa shape index (κ1) is 25.7. The Bertz CT molecular complexity index is 1090. The number of carbonyl (C=O) groups is 2. The summed E-state index contributed by atoms with van der Waals surface area (Å²) in [4.78, 5) is 30.6. The Morgan fingerprint density at radius 1 is 0.972 bits per heavy atom. The number of rotatable bonds is 7. The van der Waals surface area contributed by atoms with E-state index in [9.17, 15) is 9.59 Å². The number of hydrogen-bond acceptors (Lipinski definition) is 6. The van der Waals surface area contributed by atoms with Crippen LogP contribution in [0.5, 0.6) is 5.75 Å². The van der Waals surface area contributed by atoms with E-state index in [0.29, 0.717) is 5.56 Å². The maximum atomic E-state index is 13.7. The number of allylic oxidation sites excluding steroid dienone is 1. The van der Waals surface area contributed by atoms with Gasteiger partial charge in [-0.2, -0.15) is 0 Å². The Balaban J connectivity index is 1.62. The molecule has 0 N–H and O–H groups in total. The van der Waals surface area contributed by atoms with Crippen LogP contribution in [0.2, 0.25) is 0 Å². The second kappa shape index (κ2) is 10.7. The monoisotopic (exact) mass is 489 g/mol. The van der Waals surface area contributed by atoms with Gasteiger partial charge in [-0.3, -0.25) is 9.79 Å². The van der Waals surface area contributed by atoms with Crippen molar-refractivity contribution in [3.05, 3.63) is 77.9 Å². The normalized spacial score (nSPS) is 24.2. The Morgan fingerprint density at radius 3 is 2.19 bits per heavy atom. The van der Waals surface area contributed by atoms with Gasteiger partial charge in [0.15, 0.2) is 0 Å². The Kier molecular flexibility index (Phi) is 7.62. The number of methoxy groups -OCH3 is 1. The third kappa shape index (κ3) is 5.69. The van der Waals surface area contributed by atoms with Gasteiger partial charge in [0.05, 0.1) is 24.3 Å². The molecule has 0 radical (unpaired) electrons. The molecule has 0 aromatic heterocycles. The highest BCUT2D eigenvalue weighted by atomic mass is 16.6. The van der Waals surface area contributed by atoms with Crippen molar-refractivity contribution in [2.24, 2.45) is 10.9 Å². The van der Waals surface area contributed by atoms with Gasteiger partial charge in [-0.15, -0.1) is 0 Å². The molecule has 2 atom stereocenters. The molecule has 6 nitrogen and oxygen atoms in total. The van der Waals surface area contributed by atoms with Crippen LogP contribution in [-0.2, 0) is 14.3 Å². The first-order chi connectivity index (χ1) is 17.2. The van der Waals surface area contributed by atoms with E-state index in [2.05, 4.69) is 6.08 Å². The molecule has 1 aliphatic carbocycles. The van der Waals surface area contributed by atoms with E-state index in [-0.39, 0.29) is 18.0 Å². The number of carbonyl (C=O) groups excluding carboxylic acids is 2. The highest BCUT2D eigenvalue weighted by Crippen LogP contribution is 2.48. The number of benzene rings is 2. The molecule has 36 heavy (non-hydrogen) atoms. The summed E-state index contributed by atoms with van der Waals surface area (Å²) in [5, 5.41) is 0. The predicted molar refractivity (Wildman–Crippen MR) is 140 cm³/mol. The number of aliphatic imine (C=N–C) groups is 1. The molecule has 0 saturated heterocycles. The fraction of sp³-hybridized carbons (Fsp3) is 0.433. The number of para-hydroxylation sites is 1. The molecule has 2 aliphatic rings. The molecular formula is C30H35NO5. The third-order valence-corrected chi connectivity index (χ3v) is 6.89. The van der Waals surface area contributed by atoms with E-state index in [4.69, 9.17) is 19.2 Å². The molecule has 1 heterocycles. The summed E-state index contributed by atoms with van der Waals surface area (Å²) < 4.78 is 17.0. The van der Waals surface area contributed by atoms with Crippen LogP contribution in [0.4, 0.5) is 0 Å². The smallest absolute Gasteiger partial charge is 0.337 e. The molecule has 0 spiro atoms. The first-order valence-corrected chi connectivity index (χ1v) is 12.6. The number of esters is 2. The van der Waals surface area contributed by atoms with Gasteiger partial charge in [0.2, 0.25) is 0 Å². The number of hydrogen-bond donors (Lipinski definition) is 0. The van der Waals surface area contributed by atoms with E-state index in [1.54, 1.807) is 18.3 Å². The minimum atomic E-state index is -0.757. The molecule has 4 rings (SSSR count). The maximum Gasteiger partial charge on any atom is 0.337 e. The van der Waals surface area contributed by atoms with Crippen LogP contribution >= 0.6 is 0 Å². The lowest BCUT2D eigenvalue weighted by Gasteiger charge is -2.43. The van der Waals surface area contributed by atoms with Gasteiger partial charge in [-0.05, 0) is 88.3 Å². The van der Waals surface area contributed by atoms with Crippen molar-refractivity contribution in [1.29, 1.82) is 0 Å². The molecule has 2 aromatic rings. The van der Waals surface area contributed by atoms with E-state index in [1.807, 2.05) is 69.3 Å². The topological polar surface area (TPSA) is 74.2 Å². The molecule has 1 aliphatic heterocycles. The molecule has 1 fully saturated rings. The van der Waals surface area contributed by atoms with Crippen LogP contribution in [-0.4, -0.2) is 42.5 Å². The summed E-state index contributed by atoms with van der Waals surface area (Å²) in [6.45, 7) is 5.61. The Morgan fingerprint density at radius 2 is 1.64 bits per heavy atom. The fourth-order valence-corrected chi connectivity index (χ4v) is 5.28. The summed E-state index contributed by atoms with van der Waals surface area (Å²) in [5.74, 6) is -0.358. The third-order valence-electron chi connectivity index (χ3n) is 6.89. The molecular weight excluding hydrogens is 454 g/mol. The minimum Gasteiger partial charge on any atom is -0.490 e. The largest absolute Gasteiger partial charge is 0.490 e. The summed E-state index contributed by atoms with van der Waals surface area (Å²) in [5.41, 5.74) is -0.201. The SMILES string of the molecule is COC(=O)c1ccc(C(C(=O)OC(C)(C)C)C2(C3CCC(Oc4ccccc4)CC3)C=CC=N2)cc1. The van der Waals surface area contributed by atoms with E-state index < -0.39 is 23.0 Å². The highest BCUT2D eigenvalue weighted by molar-refractivity contribution is 5.90. The summed E-state index contributed by atoms with van der Waals surface area (Å²) >= 11 is 0. The van der Waals surface area contributed by atoms with Crippen LogP contribution in [0, 0.1) is 5.92 Å². The van der Waals surface area contributed by atoms with Gasteiger partial charge in [-0.25, -0.2) is 4.79 Å². The van der Waals surface area contributed by atoms with Crippen molar-refractivity contribution in [2.75, 3.05) is 7.11 Å². The summed E-state index contributed by atoms with van der Waals surface area (Å²) in [6, 6.07) is 16.9. The highest BCUT2D eigenvalue weighted by Gasteiger charge is 2.51. The average Bonchev–Trinajstić information content (AvgIpc) is 3.34. The maximum absolute atomic E-state index is 13.7. The lowest BCUT2D eigenvalue weighted by Crippen LogP contribution is -2.47. The first-order valence-electron chi connectivity index (χ1n) is 12.6. The van der Waals surface area contributed by atoms with Gasteiger partial charge in [-0.1, -0.05) is 36.4 Å². The van der Waals surface area contributed by atoms with Crippen molar-refractivity contribution in [2.45, 2.75) is 69.6 Å². The van der Waals surface area contributed by atoms with Crippen LogP contribution in [0.25, 0.3) is 0 Å². The molecule has 6 heteroatoms. The van der Waals surface area contributed by atoms with Crippen LogP contribution in [0.1, 0.15) is 68.3 Å².